The van der Waals surface area contributed by atoms with E-state index in [-0.39, 0.29) is 0 Å². The molecule has 1 fully saturated rings. The molecule has 0 aliphatic carbocycles. The maximum absolute atomic E-state index is 11.3. The maximum atomic E-state index is 11.3. The molecule has 1 N–H and O–H groups in total. The van der Waals surface area contributed by atoms with Gasteiger partial charge >= 0.3 is 0 Å². The van der Waals surface area contributed by atoms with Crippen LogP contribution in [0.3, 0.4) is 0 Å². The van der Waals surface area contributed by atoms with Gasteiger partial charge in [-0.3, -0.25) is 4.55 Å². The van der Waals surface area contributed by atoms with Crippen molar-refractivity contribution in [3.63, 3.8) is 0 Å². The van der Waals surface area contributed by atoms with E-state index >= 15 is 0 Å². The highest BCUT2D eigenvalue weighted by Gasteiger charge is 2.40. The minimum atomic E-state index is -3.93. The Bertz CT molecular complexity index is 503. The molecule has 18 heavy (non-hydrogen) atoms. The Kier molecular flexibility index (Phi) is 3.91. The molecule has 1 aliphatic heterocycles. The van der Waals surface area contributed by atoms with Crippen LogP contribution in [0.2, 0.25) is 0 Å². The van der Waals surface area contributed by atoms with Gasteiger partial charge < -0.3 is 4.74 Å². The molecule has 1 aromatic rings. The summed E-state index contributed by atoms with van der Waals surface area (Å²) < 4.78 is 37.6. The Morgan fingerprint density at radius 1 is 1.28 bits per heavy atom. The molecule has 1 unspecified atom stereocenters. The Labute approximate surface area is 110 Å². The highest BCUT2D eigenvalue weighted by Crippen LogP contribution is 2.35. The molecule has 0 saturated carbocycles. The van der Waals surface area contributed by atoms with Crippen molar-refractivity contribution in [3.05, 3.63) is 35.4 Å². The summed E-state index contributed by atoms with van der Waals surface area (Å²) in [6.45, 7) is 2.55. The highest BCUT2D eigenvalue weighted by atomic mass is 32.4. The Hall–Kier alpha value is -0.693. The first-order chi connectivity index (χ1) is 8.41. The van der Waals surface area contributed by atoms with Gasteiger partial charge in [0, 0.05) is 6.61 Å². The van der Waals surface area contributed by atoms with Crippen LogP contribution in [0.15, 0.2) is 24.3 Å². The van der Waals surface area contributed by atoms with E-state index in [0.29, 0.717) is 13.0 Å². The third-order valence-electron chi connectivity index (χ3n) is 3.35. The van der Waals surface area contributed by atoms with Gasteiger partial charge in [-0.05, 0) is 31.7 Å². The second kappa shape index (κ2) is 5.12. The molecular formula is C12H18O4SSi. The van der Waals surface area contributed by atoms with Crippen molar-refractivity contribution in [3.8, 4) is 0 Å². The normalized spacial score (nSPS) is 25.7. The molecule has 0 bridgehead atoms. The van der Waals surface area contributed by atoms with Gasteiger partial charge in [0.25, 0.3) is 0 Å². The first-order valence-corrected chi connectivity index (χ1v) is 10.1. The smallest absolute Gasteiger partial charge is 0.238 e. The van der Waals surface area contributed by atoms with E-state index in [1.807, 2.05) is 31.2 Å². The van der Waals surface area contributed by atoms with E-state index in [1.54, 1.807) is 0 Å². The molecular weight excluding hydrogens is 268 g/mol. The molecule has 100 valence electrons. The third-order valence-corrected chi connectivity index (χ3v) is 7.64. The fourth-order valence-electron chi connectivity index (χ4n) is 2.43. The Morgan fingerprint density at radius 3 is 2.44 bits per heavy atom. The standard InChI is InChI=1S/C12H18O4SSi/c1-10-4-6-11(7-5-10)12(18-17(13,14)15)8-2-3-9-16-12/h4-7H,2-3,8-9,18H2,1H3,(H,13,14,15). The number of aryl methyl sites for hydroxylation is 1. The van der Waals surface area contributed by atoms with Gasteiger partial charge in [-0.25, -0.2) is 8.42 Å². The molecule has 1 saturated heterocycles. The zero-order valence-corrected chi connectivity index (χ0v) is 12.7. The Morgan fingerprint density at radius 2 is 1.94 bits per heavy atom. The number of hydrogen-bond acceptors (Lipinski definition) is 3. The van der Waals surface area contributed by atoms with Crippen molar-refractivity contribution in [2.75, 3.05) is 6.61 Å². The van der Waals surface area contributed by atoms with E-state index in [4.69, 9.17) is 4.74 Å². The van der Waals surface area contributed by atoms with Crippen molar-refractivity contribution in [1.29, 1.82) is 0 Å². The minimum absolute atomic E-state index is 0.566. The van der Waals surface area contributed by atoms with Crippen LogP contribution in [-0.2, 0) is 19.5 Å². The lowest BCUT2D eigenvalue weighted by Crippen LogP contribution is -2.43. The molecule has 0 spiro atoms. The van der Waals surface area contributed by atoms with Gasteiger partial charge in [-0.2, -0.15) is 0 Å². The molecule has 0 amide bonds. The predicted octanol–water partition coefficient (Wildman–Crippen LogP) is 1.32. The first-order valence-electron chi connectivity index (χ1n) is 6.08. The van der Waals surface area contributed by atoms with E-state index < -0.39 is 23.5 Å². The Balaban J connectivity index is 2.38. The summed E-state index contributed by atoms with van der Waals surface area (Å²) in [5.74, 6) is 0. The molecule has 1 heterocycles. The van der Waals surface area contributed by atoms with Gasteiger partial charge in [0.05, 0.1) is 5.22 Å². The van der Waals surface area contributed by atoms with Crippen LogP contribution >= 0.6 is 0 Å². The number of benzene rings is 1. The topological polar surface area (TPSA) is 63.6 Å². The lowest BCUT2D eigenvalue weighted by Gasteiger charge is -2.36. The molecule has 4 nitrogen and oxygen atoms in total. The molecule has 2 rings (SSSR count). The largest absolute Gasteiger partial charge is 0.373 e. The second-order valence-corrected chi connectivity index (χ2v) is 10.5. The van der Waals surface area contributed by atoms with E-state index in [2.05, 4.69) is 0 Å². The molecule has 0 radical (unpaired) electrons. The maximum Gasteiger partial charge on any atom is 0.238 e. The summed E-state index contributed by atoms with van der Waals surface area (Å²) in [7, 11) is -5.73. The van der Waals surface area contributed by atoms with E-state index in [1.165, 1.54) is 0 Å². The lowest BCUT2D eigenvalue weighted by molar-refractivity contribution is -0.0223. The van der Waals surface area contributed by atoms with Gasteiger partial charge in [0.1, 0.15) is 0 Å². The van der Waals surface area contributed by atoms with Crippen molar-refractivity contribution in [2.24, 2.45) is 0 Å². The molecule has 1 atom stereocenters. The van der Waals surface area contributed by atoms with Crippen molar-refractivity contribution in [1.82, 2.24) is 0 Å². The summed E-state index contributed by atoms with van der Waals surface area (Å²) in [4.78, 5) is 0. The third kappa shape index (κ3) is 3.20. The SMILES string of the molecule is Cc1ccc(C2([SiH2]S(=O)(=O)O)CCCCO2)cc1. The van der Waals surface area contributed by atoms with Crippen LogP contribution in [0.25, 0.3) is 0 Å². The van der Waals surface area contributed by atoms with Crippen LogP contribution in [0.5, 0.6) is 0 Å². The number of rotatable bonds is 3. The predicted molar refractivity (Wildman–Crippen MR) is 72.8 cm³/mol. The lowest BCUT2D eigenvalue weighted by atomic mass is 9.99. The number of ether oxygens (including phenoxy) is 1. The van der Waals surface area contributed by atoms with Crippen LogP contribution in [-0.4, -0.2) is 28.2 Å². The summed E-state index contributed by atoms with van der Waals surface area (Å²) in [6, 6.07) is 7.73. The van der Waals surface area contributed by atoms with Gasteiger partial charge in [0.15, 0.2) is 0 Å². The fourth-order valence-corrected chi connectivity index (χ4v) is 6.99. The first kappa shape index (κ1) is 13.7. The van der Waals surface area contributed by atoms with E-state index in [0.717, 1.165) is 24.0 Å². The van der Waals surface area contributed by atoms with Gasteiger partial charge in [-0.1, -0.05) is 29.8 Å². The quantitative estimate of drug-likeness (QED) is 0.672. The summed E-state index contributed by atoms with van der Waals surface area (Å²) in [5, 5.41) is -0.750. The fraction of sp³-hybridized carbons (Fsp3) is 0.500. The number of hydrogen-bond donors (Lipinski definition) is 1. The molecule has 0 aromatic heterocycles. The van der Waals surface area contributed by atoms with Crippen molar-refractivity contribution < 1.29 is 17.7 Å². The van der Waals surface area contributed by atoms with Crippen LogP contribution in [0.4, 0.5) is 0 Å². The molecule has 1 aromatic carbocycles. The monoisotopic (exact) mass is 286 g/mol. The summed E-state index contributed by atoms with van der Waals surface area (Å²) >= 11 is 0. The van der Waals surface area contributed by atoms with Gasteiger partial charge in [0.2, 0.25) is 18.2 Å². The van der Waals surface area contributed by atoms with Gasteiger partial charge in [-0.15, -0.1) is 0 Å². The van der Waals surface area contributed by atoms with Crippen LogP contribution in [0.1, 0.15) is 30.4 Å². The van der Waals surface area contributed by atoms with Crippen molar-refractivity contribution >= 4 is 18.2 Å². The zero-order valence-electron chi connectivity index (χ0n) is 10.4. The van der Waals surface area contributed by atoms with Crippen LogP contribution < -0.4 is 0 Å². The second-order valence-electron chi connectivity index (χ2n) is 4.89. The van der Waals surface area contributed by atoms with E-state index in [9.17, 15) is 13.0 Å². The average Bonchev–Trinajstić information content (AvgIpc) is 2.28. The zero-order chi connectivity index (χ0) is 13.2. The van der Waals surface area contributed by atoms with Crippen LogP contribution in [0, 0.1) is 6.92 Å². The summed E-state index contributed by atoms with van der Waals surface area (Å²) in [6.07, 6.45) is 2.58. The molecule has 1 aliphatic rings. The minimum Gasteiger partial charge on any atom is -0.373 e. The summed E-state index contributed by atoms with van der Waals surface area (Å²) in [5.41, 5.74) is 2.01. The van der Waals surface area contributed by atoms with Crippen molar-refractivity contribution in [2.45, 2.75) is 31.4 Å². The average molecular weight is 286 g/mol. The molecule has 6 heteroatoms. The highest BCUT2D eigenvalue weighted by molar-refractivity contribution is 8.10.